The Morgan fingerprint density at radius 1 is 0.966 bits per heavy atom. The second kappa shape index (κ2) is 16.7. The summed E-state index contributed by atoms with van der Waals surface area (Å²) >= 11 is 0. The highest BCUT2D eigenvalue weighted by atomic mass is 16.5. The molecule has 0 fully saturated rings. The fraction of sp³-hybridized carbons (Fsp3) is 0.778. The highest BCUT2D eigenvalue weighted by Crippen LogP contribution is 2.06. The third kappa shape index (κ3) is 13.6. The Bertz CT molecular complexity index is 541. The first kappa shape index (κ1) is 26.8. The highest BCUT2D eigenvalue weighted by molar-refractivity contribution is 5.87. The molecule has 11 heteroatoms. The standard InChI is InChI=1S/C18H36N6O5/c1-4-29-18(26)16(10-6-8-12-21-14(3)24-28)22-17(25)15(19)9-5-7-11-20-13(2)23-27/h15-16,27-28H,4-12,19H2,1-3H3,(H,20,23)(H,21,24)(H,22,25). The van der Waals surface area contributed by atoms with E-state index in [2.05, 4.69) is 15.3 Å². The first-order valence-corrected chi connectivity index (χ1v) is 9.90. The van der Waals surface area contributed by atoms with E-state index in [1.807, 2.05) is 11.0 Å². The number of carbonyl (C=O) groups excluding carboxylic acids is 2. The molecule has 2 unspecified atom stereocenters. The molecule has 0 aliphatic heterocycles. The minimum atomic E-state index is -0.752. The lowest BCUT2D eigenvalue weighted by Gasteiger charge is -2.19. The molecule has 0 radical (unpaired) electrons. The van der Waals surface area contributed by atoms with Crippen molar-refractivity contribution in [2.24, 2.45) is 15.7 Å². The van der Waals surface area contributed by atoms with Crippen LogP contribution in [-0.2, 0) is 14.3 Å². The van der Waals surface area contributed by atoms with Crippen LogP contribution in [0.25, 0.3) is 0 Å². The van der Waals surface area contributed by atoms with Crippen molar-refractivity contribution in [1.82, 2.24) is 16.3 Å². The molecule has 0 aromatic carbocycles. The van der Waals surface area contributed by atoms with E-state index in [0.29, 0.717) is 56.9 Å². The molecule has 0 bridgehead atoms. The van der Waals surface area contributed by atoms with Crippen molar-refractivity contribution in [2.45, 2.75) is 71.4 Å². The minimum absolute atomic E-state index is 0.228. The molecule has 0 saturated heterocycles. The van der Waals surface area contributed by atoms with Gasteiger partial charge in [0.05, 0.1) is 12.6 Å². The number of ether oxygens (including phenoxy) is 1. The smallest absolute Gasteiger partial charge is 0.328 e. The number of esters is 1. The molecule has 0 aromatic rings. The summed E-state index contributed by atoms with van der Waals surface area (Å²) in [4.78, 5) is 32.6. The predicted molar refractivity (Wildman–Crippen MR) is 110 cm³/mol. The molecule has 2 atom stereocenters. The van der Waals surface area contributed by atoms with Crippen molar-refractivity contribution in [1.29, 1.82) is 0 Å². The van der Waals surface area contributed by atoms with E-state index >= 15 is 0 Å². The second-order valence-corrected chi connectivity index (χ2v) is 6.57. The van der Waals surface area contributed by atoms with Crippen LogP contribution in [0.5, 0.6) is 0 Å². The van der Waals surface area contributed by atoms with Gasteiger partial charge in [-0.05, 0) is 59.3 Å². The summed E-state index contributed by atoms with van der Waals surface area (Å²) in [6.45, 7) is 6.23. The van der Waals surface area contributed by atoms with Crippen LogP contribution in [0.15, 0.2) is 9.98 Å². The van der Waals surface area contributed by atoms with Crippen LogP contribution >= 0.6 is 0 Å². The van der Waals surface area contributed by atoms with E-state index in [9.17, 15) is 9.59 Å². The molecule has 0 spiro atoms. The first-order valence-electron chi connectivity index (χ1n) is 9.90. The fourth-order valence-electron chi connectivity index (χ4n) is 2.40. The molecule has 0 saturated carbocycles. The molecule has 7 N–H and O–H groups in total. The van der Waals surface area contributed by atoms with E-state index < -0.39 is 24.0 Å². The van der Waals surface area contributed by atoms with Gasteiger partial charge >= 0.3 is 5.97 Å². The Morgan fingerprint density at radius 3 is 1.97 bits per heavy atom. The monoisotopic (exact) mass is 416 g/mol. The average Bonchev–Trinajstić information content (AvgIpc) is 2.71. The predicted octanol–water partition coefficient (Wildman–Crippen LogP) is 0.497. The number of nitrogens with zero attached hydrogens (tertiary/aromatic N) is 2. The summed E-state index contributed by atoms with van der Waals surface area (Å²) in [5.41, 5.74) is 9.84. The van der Waals surface area contributed by atoms with Crippen LogP contribution in [0.4, 0.5) is 0 Å². The van der Waals surface area contributed by atoms with Gasteiger partial charge < -0.3 is 15.8 Å². The minimum Gasteiger partial charge on any atom is -0.464 e. The fourth-order valence-corrected chi connectivity index (χ4v) is 2.40. The molecule has 168 valence electrons. The molecule has 0 heterocycles. The number of nitrogens with two attached hydrogens (primary N) is 1. The number of amides is 1. The van der Waals surface area contributed by atoms with E-state index in [0.717, 1.165) is 6.42 Å². The molecule has 0 rings (SSSR count). The molecule has 0 aliphatic rings. The van der Waals surface area contributed by atoms with E-state index in [-0.39, 0.29) is 6.61 Å². The number of amidine groups is 2. The lowest BCUT2D eigenvalue weighted by atomic mass is 10.1. The first-order chi connectivity index (χ1) is 13.8. The zero-order valence-corrected chi connectivity index (χ0v) is 17.6. The van der Waals surface area contributed by atoms with E-state index in [1.165, 1.54) is 0 Å². The number of hydrogen-bond acceptors (Lipinski definition) is 8. The van der Waals surface area contributed by atoms with Gasteiger partial charge in [0.15, 0.2) is 0 Å². The van der Waals surface area contributed by atoms with Gasteiger partial charge in [-0.3, -0.25) is 36.2 Å². The van der Waals surface area contributed by atoms with Crippen molar-refractivity contribution < 1.29 is 24.7 Å². The summed E-state index contributed by atoms with van der Waals surface area (Å²) in [5.74, 6) is -0.0262. The summed E-state index contributed by atoms with van der Waals surface area (Å²) < 4.78 is 5.04. The molecule has 0 aliphatic carbocycles. The Kier molecular flexibility index (Phi) is 15.4. The number of rotatable bonds is 14. The van der Waals surface area contributed by atoms with Crippen molar-refractivity contribution >= 4 is 23.5 Å². The topological polar surface area (TPSA) is 171 Å². The number of carbonyl (C=O) groups is 2. The zero-order chi connectivity index (χ0) is 22.1. The normalized spacial score (nSPS) is 14.1. The number of aliphatic imine (C=N–C) groups is 2. The number of hydroxylamine groups is 2. The maximum atomic E-state index is 12.3. The number of nitrogens with one attached hydrogen (secondary N) is 3. The van der Waals surface area contributed by atoms with Gasteiger partial charge in [0, 0.05) is 13.1 Å². The Morgan fingerprint density at radius 2 is 1.48 bits per heavy atom. The third-order valence-electron chi connectivity index (χ3n) is 4.07. The lowest BCUT2D eigenvalue weighted by Crippen LogP contribution is -2.49. The molecule has 11 nitrogen and oxygen atoms in total. The van der Waals surface area contributed by atoms with Crippen LogP contribution in [0, 0.1) is 0 Å². The van der Waals surface area contributed by atoms with E-state index in [4.69, 9.17) is 20.9 Å². The van der Waals surface area contributed by atoms with Gasteiger partial charge in [-0.15, -0.1) is 0 Å². The van der Waals surface area contributed by atoms with Crippen molar-refractivity contribution in [3.63, 3.8) is 0 Å². The SMILES string of the molecule is CCOC(=O)C(CCCCN=C(C)NO)NC(=O)C(N)CCCCN=C(C)NO. The van der Waals surface area contributed by atoms with Crippen LogP contribution < -0.4 is 22.0 Å². The number of unbranched alkanes of at least 4 members (excludes halogenated alkanes) is 2. The average molecular weight is 417 g/mol. The van der Waals surface area contributed by atoms with Gasteiger partial charge in [0.2, 0.25) is 5.91 Å². The van der Waals surface area contributed by atoms with Crippen LogP contribution in [0.1, 0.15) is 59.3 Å². The van der Waals surface area contributed by atoms with Gasteiger partial charge in [0.1, 0.15) is 17.7 Å². The van der Waals surface area contributed by atoms with Crippen LogP contribution in [0.2, 0.25) is 0 Å². The molecular formula is C18H36N6O5. The van der Waals surface area contributed by atoms with Gasteiger partial charge in [-0.2, -0.15) is 0 Å². The molecule has 1 amide bonds. The third-order valence-corrected chi connectivity index (χ3v) is 4.07. The molecular weight excluding hydrogens is 380 g/mol. The van der Waals surface area contributed by atoms with Crippen molar-refractivity contribution in [2.75, 3.05) is 19.7 Å². The summed E-state index contributed by atoms with van der Waals surface area (Å²) in [6, 6.07) is -1.48. The lowest BCUT2D eigenvalue weighted by molar-refractivity contribution is -0.147. The Labute approximate surface area is 172 Å². The summed E-state index contributed by atoms with van der Waals surface area (Å²) in [5, 5.41) is 20.0. The van der Waals surface area contributed by atoms with Crippen LogP contribution in [-0.4, -0.2) is 65.7 Å². The van der Waals surface area contributed by atoms with Crippen molar-refractivity contribution in [3.8, 4) is 0 Å². The quantitative estimate of drug-likeness (QED) is 0.0781. The summed E-state index contributed by atoms with van der Waals surface area (Å²) in [6.07, 6.45) is 3.64. The molecule has 29 heavy (non-hydrogen) atoms. The second-order valence-electron chi connectivity index (χ2n) is 6.57. The highest BCUT2D eigenvalue weighted by Gasteiger charge is 2.24. The van der Waals surface area contributed by atoms with E-state index in [1.54, 1.807) is 20.8 Å². The van der Waals surface area contributed by atoms with Gasteiger partial charge in [0.25, 0.3) is 0 Å². The summed E-state index contributed by atoms with van der Waals surface area (Å²) in [7, 11) is 0. The largest absolute Gasteiger partial charge is 0.464 e. The van der Waals surface area contributed by atoms with Gasteiger partial charge in [-0.25, -0.2) is 4.79 Å². The molecule has 0 aromatic heterocycles. The zero-order valence-electron chi connectivity index (χ0n) is 17.6. The van der Waals surface area contributed by atoms with Crippen LogP contribution in [0.3, 0.4) is 0 Å². The maximum Gasteiger partial charge on any atom is 0.328 e. The van der Waals surface area contributed by atoms with Crippen molar-refractivity contribution in [3.05, 3.63) is 0 Å². The Hall–Kier alpha value is -2.24. The Balaban J connectivity index is 4.42. The maximum absolute atomic E-state index is 12.3. The van der Waals surface area contributed by atoms with Gasteiger partial charge in [-0.1, -0.05) is 0 Å². The number of hydrogen-bond donors (Lipinski definition) is 6.